The zero-order valence-electron chi connectivity index (χ0n) is 14.3. The fourth-order valence-corrected chi connectivity index (χ4v) is 3.07. The molecule has 0 unspecified atom stereocenters. The highest BCUT2D eigenvalue weighted by molar-refractivity contribution is 7.16. The highest BCUT2D eigenvalue weighted by atomic mass is 32.1. The maximum absolute atomic E-state index is 11.2. The summed E-state index contributed by atoms with van der Waals surface area (Å²) in [6, 6.07) is 1.88. The van der Waals surface area contributed by atoms with Crippen molar-refractivity contribution in [3.05, 3.63) is 11.8 Å². The Morgan fingerprint density at radius 3 is 2.71 bits per heavy atom. The number of nitriles is 1. The van der Waals surface area contributed by atoms with Gasteiger partial charge in [0.05, 0.1) is 11.6 Å². The highest BCUT2D eigenvalue weighted by Gasteiger charge is 2.19. The molecule has 2 aromatic rings. The molecule has 2 aromatic heterocycles. The maximum atomic E-state index is 11.2. The molecule has 0 atom stereocenters. The smallest absolute Gasteiger partial charge is 0.236 e. The van der Waals surface area contributed by atoms with Crippen LogP contribution in [0.4, 0.5) is 5.82 Å². The van der Waals surface area contributed by atoms with Crippen LogP contribution in [0, 0.1) is 17.2 Å². The third-order valence-electron chi connectivity index (χ3n) is 3.91. The molecule has 0 radical (unpaired) electrons. The number of hydrogen-bond acceptors (Lipinski definition) is 7. The van der Waals surface area contributed by atoms with Gasteiger partial charge in [-0.3, -0.25) is 4.79 Å². The number of aromatic nitrogens is 3. The first-order valence-corrected chi connectivity index (χ1v) is 8.77. The monoisotopic (exact) mass is 346 g/mol. The molecule has 1 aliphatic rings. The van der Waals surface area contributed by atoms with Crippen molar-refractivity contribution in [2.24, 2.45) is 5.92 Å². The standard InChI is InChI=1S/C9H14N2O.C7H8N4S/c1-8-3-6-11(7-4-8)9(12)2-5-10;1-11(2)6-5-7(9-3-8-6)12-4-10-5/h8H,2-4,6-7H2,1H3;3-4H,1-2H3. The predicted molar refractivity (Wildman–Crippen MR) is 94.7 cm³/mol. The third-order valence-corrected chi connectivity index (χ3v) is 4.64. The van der Waals surface area contributed by atoms with Crippen molar-refractivity contribution < 1.29 is 4.79 Å². The first-order chi connectivity index (χ1) is 11.5. The summed E-state index contributed by atoms with van der Waals surface area (Å²) in [6.07, 6.45) is 3.76. The van der Waals surface area contributed by atoms with Crippen LogP contribution in [0.5, 0.6) is 0 Å². The molecule has 1 fully saturated rings. The van der Waals surface area contributed by atoms with E-state index in [4.69, 9.17) is 5.26 Å². The summed E-state index contributed by atoms with van der Waals surface area (Å²) >= 11 is 1.53. The molecule has 7 nitrogen and oxygen atoms in total. The second-order valence-corrected chi connectivity index (χ2v) is 6.83. The van der Waals surface area contributed by atoms with Crippen molar-refractivity contribution >= 4 is 33.4 Å². The van der Waals surface area contributed by atoms with Crippen LogP contribution in [0.1, 0.15) is 26.2 Å². The minimum absolute atomic E-state index is 0.00981. The Kier molecular flexibility index (Phi) is 6.44. The molecule has 1 aliphatic heterocycles. The minimum Gasteiger partial charge on any atom is -0.361 e. The average molecular weight is 346 g/mol. The van der Waals surface area contributed by atoms with Gasteiger partial charge in [-0.2, -0.15) is 5.26 Å². The Bertz CT molecular complexity index is 715. The number of amides is 1. The van der Waals surface area contributed by atoms with Gasteiger partial charge in [0.15, 0.2) is 5.82 Å². The Balaban J connectivity index is 0.000000174. The van der Waals surface area contributed by atoms with Gasteiger partial charge in [-0.1, -0.05) is 6.92 Å². The highest BCUT2D eigenvalue weighted by Crippen LogP contribution is 2.21. The molecule has 0 N–H and O–H groups in total. The van der Waals surface area contributed by atoms with E-state index in [0.29, 0.717) is 0 Å². The summed E-state index contributed by atoms with van der Waals surface area (Å²) in [5.41, 5.74) is 2.67. The average Bonchev–Trinajstić information content (AvgIpc) is 3.04. The molecular weight excluding hydrogens is 324 g/mol. The lowest BCUT2D eigenvalue weighted by molar-refractivity contribution is -0.131. The van der Waals surface area contributed by atoms with E-state index in [1.807, 2.05) is 25.1 Å². The minimum atomic E-state index is -0.00981. The quantitative estimate of drug-likeness (QED) is 0.829. The normalized spacial score (nSPS) is 14.7. The first kappa shape index (κ1) is 18.1. The summed E-state index contributed by atoms with van der Waals surface area (Å²) in [4.78, 5) is 28.3. The molecule has 24 heavy (non-hydrogen) atoms. The number of hydrogen-bond donors (Lipinski definition) is 0. The van der Waals surface area contributed by atoms with E-state index in [9.17, 15) is 4.79 Å². The van der Waals surface area contributed by atoms with Crippen LogP contribution >= 0.6 is 11.3 Å². The number of nitrogens with zero attached hydrogens (tertiary/aromatic N) is 6. The van der Waals surface area contributed by atoms with Gasteiger partial charge in [0, 0.05) is 27.2 Å². The zero-order chi connectivity index (χ0) is 17.5. The van der Waals surface area contributed by atoms with Crippen molar-refractivity contribution in [2.45, 2.75) is 26.2 Å². The van der Waals surface area contributed by atoms with E-state index >= 15 is 0 Å². The number of carbonyl (C=O) groups is 1. The molecule has 3 heterocycles. The fourth-order valence-electron chi connectivity index (χ4n) is 2.45. The van der Waals surface area contributed by atoms with E-state index in [1.54, 1.807) is 16.7 Å². The van der Waals surface area contributed by atoms with Crippen LogP contribution in [0.3, 0.4) is 0 Å². The number of carbonyl (C=O) groups excluding carboxylic acids is 1. The van der Waals surface area contributed by atoms with E-state index in [2.05, 4.69) is 21.9 Å². The SMILES string of the molecule is CC1CCN(C(=O)CC#N)CC1.CN(C)c1ncnc2scnc12. The lowest BCUT2D eigenvalue weighted by Crippen LogP contribution is -2.37. The van der Waals surface area contributed by atoms with Gasteiger partial charge in [-0.25, -0.2) is 15.0 Å². The lowest BCUT2D eigenvalue weighted by Gasteiger charge is -2.29. The largest absolute Gasteiger partial charge is 0.361 e. The summed E-state index contributed by atoms with van der Waals surface area (Å²) in [5, 5.41) is 8.32. The van der Waals surface area contributed by atoms with E-state index in [-0.39, 0.29) is 12.3 Å². The van der Waals surface area contributed by atoms with Crippen LogP contribution in [-0.4, -0.2) is 52.9 Å². The molecule has 8 heteroatoms. The molecule has 0 spiro atoms. The molecule has 0 bridgehead atoms. The third kappa shape index (κ3) is 4.61. The molecule has 1 saturated heterocycles. The molecule has 3 rings (SSSR count). The maximum Gasteiger partial charge on any atom is 0.236 e. The van der Waals surface area contributed by atoms with Crippen LogP contribution in [0.2, 0.25) is 0 Å². The van der Waals surface area contributed by atoms with Gasteiger partial charge in [0.25, 0.3) is 0 Å². The summed E-state index contributed by atoms with van der Waals surface area (Å²) in [5.74, 6) is 1.60. The Hall–Kier alpha value is -2.27. The predicted octanol–water partition coefficient (Wildman–Crippen LogP) is 2.31. The number of fused-ring (bicyclic) bond motifs is 1. The van der Waals surface area contributed by atoms with Gasteiger partial charge < -0.3 is 9.80 Å². The molecular formula is C16H22N6OS. The van der Waals surface area contributed by atoms with Crippen molar-refractivity contribution in [1.29, 1.82) is 5.26 Å². The van der Waals surface area contributed by atoms with E-state index in [1.165, 1.54) is 11.3 Å². The van der Waals surface area contributed by atoms with Crippen molar-refractivity contribution in [2.75, 3.05) is 32.1 Å². The summed E-state index contributed by atoms with van der Waals surface area (Å²) in [6.45, 7) is 3.87. The molecule has 0 aromatic carbocycles. The number of rotatable bonds is 2. The topological polar surface area (TPSA) is 86.0 Å². The van der Waals surface area contributed by atoms with Gasteiger partial charge in [0.1, 0.15) is 23.1 Å². The van der Waals surface area contributed by atoms with Crippen molar-refractivity contribution in [3.63, 3.8) is 0 Å². The number of thiazole rings is 1. The summed E-state index contributed by atoms with van der Waals surface area (Å²) in [7, 11) is 3.89. The number of piperidine rings is 1. The van der Waals surface area contributed by atoms with Gasteiger partial charge in [-0.05, 0) is 18.8 Å². The second kappa shape index (κ2) is 8.55. The Morgan fingerprint density at radius 1 is 1.38 bits per heavy atom. The molecule has 0 aliphatic carbocycles. The van der Waals surface area contributed by atoms with E-state index < -0.39 is 0 Å². The fraction of sp³-hybridized carbons (Fsp3) is 0.562. The lowest BCUT2D eigenvalue weighted by atomic mass is 9.99. The van der Waals surface area contributed by atoms with Crippen molar-refractivity contribution in [3.8, 4) is 6.07 Å². The van der Waals surface area contributed by atoms with Crippen LogP contribution in [-0.2, 0) is 4.79 Å². The van der Waals surface area contributed by atoms with Crippen LogP contribution in [0.25, 0.3) is 10.3 Å². The van der Waals surface area contributed by atoms with Crippen LogP contribution < -0.4 is 4.90 Å². The number of anilines is 1. The second-order valence-electron chi connectivity index (χ2n) is 6.00. The van der Waals surface area contributed by atoms with E-state index in [0.717, 1.165) is 48.0 Å². The zero-order valence-corrected chi connectivity index (χ0v) is 15.1. The van der Waals surface area contributed by atoms with Gasteiger partial charge in [-0.15, -0.1) is 11.3 Å². The van der Waals surface area contributed by atoms with Gasteiger partial charge in [0.2, 0.25) is 5.91 Å². The summed E-state index contributed by atoms with van der Waals surface area (Å²) < 4.78 is 0. The molecule has 1 amide bonds. The molecule has 0 saturated carbocycles. The Labute approximate surface area is 146 Å². The number of likely N-dealkylation sites (tertiary alicyclic amines) is 1. The Morgan fingerprint density at radius 2 is 2.08 bits per heavy atom. The molecule has 128 valence electrons. The van der Waals surface area contributed by atoms with Gasteiger partial charge >= 0.3 is 0 Å². The van der Waals surface area contributed by atoms with Crippen molar-refractivity contribution in [1.82, 2.24) is 19.9 Å². The van der Waals surface area contributed by atoms with Crippen LogP contribution in [0.15, 0.2) is 11.8 Å². The first-order valence-electron chi connectivity index (χ1n) is 7.89.